The Bertz CT molecular complexity index is 1950. The van der Waals surface area contributed by atoms with Gasteiger partial charge in [-0.3, -0.25) is 0 Å². The molecule has 1 heterocycles. The fraction of sp³-hybridized carbons (Fsp3) is 0. The lowest BCUT2D eigenvalue weighted by Gasteiger charge is -2.16. The third-order valence-electron chi connectivity index (χ3n) is 7.43. The fourth-order valence-electron chi connectivity index (χ4n) is 5.25. The van der Waals surface area contributed by atoms with Crippen molar-refractivity contribution < 1.29 is 0 Å². The number of rotatable bonds is 6. The molecule has 204 valence electrons. The molecular formula is C39H26BrN3. The van der Waals surface area contributed by atoms with Crippen LogP contribution in [-0.2, 0) is 0 Å². The van der Waals surface area contributed by atoms with Crippen molar-refractivity contribution in [1.82, 2.24) is 15.0 Å². The monoisotopic (exact) mass is 615 g/mol. The first-order valence-electron chi connectivity index (χ1n) is 14.1. The van der Waals surface area contributed by atoms with E-state index in [9.17, 15) is 0 Å². The molecule has 0 saturated carbocycles. The summed E-state index contributed by atoms with van der Waals surface area (Å²) in [5, 5.41) is 0. The van der Waals surface area contributed by atoms with Crippen LogP contribution in [0.1, 0.15) is 0 Å². The van der Waals surface area contributed by atoms with Gasteiger partial charge in [-0.2, -0.15) is 0 Å². The molecule has 4 heteroatoms. The minimum absolute atomic E-state index is 0.628. The van der Waals surface area contributed by atoms with Gasteiger partial charge >= 0.3 is 0 Å². The molecule has 0 fully saturated rings. The Labute approximate surface area is 259 Å². The SMILES string of the molecule is Brc1ccc(-c2nc(-c3ccccc3)nc(-c3ccccc3)n2)cc1-c1ccc(-c2ccccc2)cc1-c1ccccc1. The Morgan fingerprint density at radius 3 is 1.26 bits per heavy atom. The van der Waals surface area contributed by atoms with Crippen LogP contribution in [0, 0.1) is 0 Å². The van der Waals surface area contributed by atoms with Gasteiger partial charge in [0.15, 0.2) is 17.5 Å². The van der Waals surface area contributed by atoms with E-state index in [4.69, 9.17) is 15.0 Å². The number of hydrogen-bond acceptors (Lipinski definition) is 3. The van der Waals surface area contributed by atoms with Gasteiger partial charge < -0.3 is 0 Å². The molecule has 7 aromatic rings. The summed E-state index contributed by atoms with van der Waals surface area (Å²) in [5.74, 6) is 1.92. The van der Waals surface area contributed by atoms with Crippen molar-refractivity contribution in [3.05, 3.63) is 162 Å². The van der Waals surface area contributed by atoms with Gasteiger partial charge in [0.1, 0.15) is 0 Å². The number of hydrogen-bond donors (Lipinski definition) is 0. The summed E-state index contributed by atoms with van der Waals surface area (Å²) in [4.78, 5) is 14.8. The average Bonchev–Trinajstić information content (AvgIpc) is 3.09. The average molecular weight is 617 g/mol. The van der Waals surface area contributed by atoms with E-state index in [0.717, 1.165) is 43.4 Å². The van der Waals surface area contributed by atoms with Gasteiger partial charge in [0.2, 0.25) is 0 Å². The molecule has 0 radical (unpaired) electrons. The van der Waals surface area contributed by atoms with Crippen molar-refractivity contribution >= 4 is 15.9 Å². The number of halogens is 1. The van der Waals surface area contributed by atoms with Gasteiger partial charge in [-0.25, -0.2) is 15.0 Å². The second-order valence-corrected chi connectivity index (χ2v) is 11.1. The smallest absolute Gasteiger partial charge is 0.164 e. The normalized spacial score (nSPS) is 10.9. The van der Waals surface area contributed by atoms with Crippen LogP contribution in [0.4, 0.5) is 0 Å². The van der Waals surface area contributed by atoms with Gasteiger partial charge in [-0.1, -0.05) is 155 Å². The quantitative estimate of drug-likeness (QED) is 0.187. The molecular weight excluding hydrogens is 590 g/mol. The van der Waals surface area contributed by atoms with Crippen LogP contribution >= 0.6 is 15.9 Å². The van der Waals surface area contributed by atoms with Crippen LogP contribution in [0.3, 0.4) is 0 Å². The Morgan fingerprint density at radius 1 is 0.302 bits per heavy atom. The first-order valence-corrected chi connectivity index (χ1v) is 14.9. The van der Waals surface area contributed by atoms with Gasteiger partial charge in [-0.05, 0) is 51.6 Å². The molecule has 0 spiro atoms. The topological polar surface area (TPSA) is 38.7 Å². The predicted molar refractivity (Wildman–Crippen MR) is 180 cm³/mol. The molecule has 1 aromatic heterocycles. The van der Waals surface area contributed by atoms with E-state index < -0.39 is 0 Å². The van der Waals surface area contributed by atoms with Gasteiger partial charge in [-0.15, -0.1) is 0 Å². The Hall–Kier alpha value is -5.19. The molecule has 0 bridgehead atoms. The maximum atomic E-state index is 4.96. The highest BCUT2D eigenvalue weighted by Gasteiger charge is 2.16. The van der Waals surface area contributed by atoms with Crippen LogP contribution in [0.5, 0.6) is 0 Å². The standard InChI is InChI=1S/C39H26BrN3/c40-36-24-22-32(39-42-37(29-17-9-3-10-18-29)41-38(43-39)30-19-11-4-12-20-30)26-35(36)33-23-21-31(27-13-5-1-6-14-27)25-34(33)28-15-7-2-8-16-28/h1-26H. The lowest BCUT2D eigenvalue weighted by molar-refractivity contribution is 1.07. The second-order valence-electron chi connectivity index (χ2n) is 10.2. The molecule has 0 amide bonds. The van der Waals surface area contributed by atoms with E-state index in [1.807, 2.05) is 66.7 Å². The minimum atomic E-state index is 0.628. The van der Waals surface area contributed by atoms with Gasteiger partial charge in [0, 0.05) is 21.2 Å². The number of nitrogens with zero attached hydrogens (tertiary/aromatic N) is 3. The third kappa shape index (κ3) is 5.66. The lowest BCUT2D eigenvalue weighted by Crippen LogP contribution is -2.00. The summed E-state index contributed by atoms with van der Waals surface area (Å²) in [6.07, 6.45) is 0. The number of aromatic nitrogens is 3. The summed E-state index contributed by atoms with van der Waals surface area (Å²) in [6, 6.07) is 54.2. The molecule has 0 unspecified atom stereocenters. The Balaban J connectivity index is 1.40. The van der Waals surface area contributed by atoms with Crippen LogP contribution in [0.2, 0.25) is 0 Å². The van der Waals surface area contributed by atoms with Crippen LogP contribution in [0.25, 0.3) is 67.5 Å². The summed E-state index contributed by atoms with van der Waals surface area (Å²) in [7, 11) is 0. The highest BCUT2D eigenvalue weighted by atomic mass is 79.9. The molecule has 43 heavy (non-hydrogen) atoms. The van der Waals surface area contributed by atoms with E-state index in [-0.39, 0.29) is 0 Å². The van der Waals surface area contributed by atoms with Crippen molar-refractivity contribution in [3.63, 3.8) is 0 Å². The highest BCUT2D eigenvalue weighted by Crippen LogP contribution is 2.40. The first kappa shape index (κ1) is 26.7. The van der Waals surface area contributed by atoms with Crippen molar-refractivity contribution in [1.29, 1.82) is 0 Å². The van der Waals surface area contributed by atoms with E-state index in [1.54, 1.807) is 0 Å². The van der Waals surface area contributed by atoms with E-state index >= 15 is 0 Å². The van der Waals surface area contributed by atoms with Gasteiger partial charge in [0.05, 0.1) is 0 Å². The second kappa shape index (κ2) is 12.0. The Kier molecular flexibility index (Phi) is 7.43. The summed E-state index contributed by atoms with van der Waals surface area (Å²) in [5.41, 5.74) is 9.68. The molecule has 3 nitrogen and oxygen atoms in total. The molecule has 0 aliphatic carbocycles. The first-order chi connectivity index (χ1) is 21.2. The maximum absolute atomic E-state index is 4.96. The molecule has 7 rings (SSSR count). The molecule has 0 aliphatic heterocycles. The summed E-state index contributed by atoms with van der Waals surface area (Å²) >= 11 is 3.86. The van der Waals surface area contributed by atoms with E-state index in [2.05, 4.69) is 107 Å². The largest absolute Gasteiger partial charge is 0.208 e. The molecule has 0 saturated heterocycles. The maximum Gasteiger partial charge on any atom is 0.164 e. The lowest BCUT2D eigenvalue weighted by atomic mass is 9.90. The van der Waals surface area contributed by atoms with Crippen LogP contribution in [-0.4, -0.2) is 15.0 Å². The zero-order valence-electron chi connectivity index (χ0n) is 23.2. The molecule has 0 N–H and O–H groups in total. The van der Waals surface area contributed by atoms with Crippen LogP contribution < -0.4 is 0 Å². The minimum Gasteiger partial charge on any atom is -0.208 e. The van der Waals surface area contributed by atoms with E-state index in [0.29, 0.717) is 17.5 Å². The molecule has 0 aliphatic rings. The molecule has 6 aromatic carbocycles. The van der Waals surface area contributed by atoms with Crippen molar-refractivity contribution in [2.24, 2.45) is 0 Å². The van der Waals surface area contributed by atoms with Crippen molar-refractivity contribution in [3.8, 4) is 67.5 Å². The zero-order chi connectivity index (χ0) is 29.0. The van der Waals surface area contributed by atoms with Crippen molar-refractivity contribution in [2.75, 3.05) is 0 Å². The van der Waals surface area contributed by atoms with Crippen LogP contribution in [0.15, 0.2) is 162 Å². The zero-order valence-corrected chi connectivity index (χ0v) is 24.8. The third-order valence-corrected chi connectivity index (χ3v) is 8.12. The molecule has 0 atom stereocenters. The van der Waals surface area contributed by atoms with E-state index in [1.165, 1.54) is 11.1 Å². The van der Waals surface area contributed by atoms with Gasteiger partial charge in [0.25, 0.3) is 0 Å². The Morgan fingerprint density at radius 2 is 0.721 bits per heavy atom. The number of benzene rings is 6. The summed E-state index contributed by atoms with van der Waals surface area (Å²) < 4.78 is 1.00. The van der Waals surface area contributed by atoms with Crippen molar-refractivity contribution in [2.45, 2.75) is 0 Å². The predicted octanol–water partition coefficient (Wildman–Crippen LogP) is 10.6. The highest BCUT2D eigenvalue weighted by molar-refractivity contribution is 9.10. The fourth-order valence-corrected chi connectivity index (χ4v) is 5.71. The summed E-state index contributed by atoms with van der Waals surface area (Å²) in [6.45, 7) is 0.